The average Bonchev–Trinajstić information content (AvgIpc) is 0.921. The van der Waals surface area contributed by atoms with Crippen molar-refractivity contribution < 1.29 is 66.7 Å². The van der Waals surface area contributed by atoms with Crippen molar-refractivity contribution in [3.05, 3.63) is 72.9 Å². The molecule has 0 radical (unpaired) electrons. The Morgan fingerprint density at radius 3 is 1.28 bits per heavy atom. The molecule has 1 heterocycles. The van der Waals surface area contributed by atoms with Crippen LogP contribution < -0.4 is 0 Å². The quantitative estimate of drug-likeness (QED) is 0.0964. The van der Waals surface area contributed by atoms with Crippen molar-refractivity contribution in [2.45, 2.75) is 271 Å². The maximum Gasteiger partial charge on any atom is 0.333 e. The summed E-state index contributed by atoms with van der Waals surface area (Å²) < 4.78 is 38.2. The van der Waals surface area contributed by atoms with Gasteiger partial charge < -0.3 is 33.2 Å². The van der Waals surface area contributed by atoms with Crippen molar-refractivity contribution in [2.75, 3.05) is 0 Å². The van der Waals surface area contributed by atoms with Gasteiger partial charge in [-0.1, -0.05) is 53.3 Å². The summed E-state index contributed by atoms with van der Waals surface area (Å²) >= 11 is 0. The van der Waals surface area contributed by atoms with Gasteiger partial charge in [0.15, 0.2) is 0 Å². The number of carbonyl (C=O) groups excluding carboxylic acids is 7. The topological polar surface area (TPSA) is 184 Å². The van der Waals surface area contributed by atoms with Crippen molar-refractivity contribution in [1.29, 1.82) is 0 Å². The molecule has 10 bridgehead atoms. The van der Waals surface area contributed by atoms with Gasteiger partial charge in [0, 0.05) is 45.3 Å². The van der Waals surface area contributed by atoms with Crippen LogP contribution in [-0.4, -0.2) is 82.0 Å². The Balaban J connectivity index is 0.000000167. The van der Waals surface area contributed by atoms with Crippen LogP contribution in [0.3, 0.4) is 0 Å². The zero-order valence-corrected chi connectivity index (χ0v) is 55.0. The van der Waals surface area contributed by atoms with E-state index in [1.54, 1.807) is 41.5 Å². The van der Waals surface area contributed by atoms with Crippen LogP contribution in [0.4, 0.5) is 0 Å². The minimum atomic E-state index is -0.407. The van der Waals surface area contributed by atoms with E-state index in [-0.39, 0.29) is 88.2 Å². The third kappa shape index (κ3) is 16.9. The summed E-state index contributed by atoms with van der Waals surface area (Å²) in [6, 6.07) is 0. The van der Waals surface area contributed by atoms with Gasteiger partial charge in [0.25, 0.3) is 0 Å². The molecule has 480 valence electrons. The molecule has 14 heteroatoms. The van der Waals surface area contributed by atoms with Crippen molar-refractivity contribution in [1.82, 2.24) is 0 Å². The number of ether oxygens (including phenoxy) is 7. The Labute approximate surface area is 515 Å². The van der Waals surface area contributed by atoms with E-state index in [0.29, 0.717) is 63.0 Å². The van der Waals surface area contributed by atoms with Crippen LogP contribution in [0.15, 0.2) is 72.9 Å². The fraction of sp³-hybridized carbons (Fsp3) is 0.736. The van der Waals surface area contributed by atoms with E-state index in [9.17, 15) is 33.6 Å². The molecule has 0 aromatic carbocycles. The van der Waals surface area contributed by atoms with Gasteiger partial charge in [0.1, 0.15) is 40.2 Å². The van der Waals surface area contributed by atoms with Gasteiger partial charge in [-0.2, -0.15) is 0 Å². The highest BCUT2D eigenvalue weighted by atomic mass is 16.6. The summed E-state index contributed by atoms with van der Waals surface area (Å²) in [7, 11) is 0. The average molecular weight is 1200 g/mol. The number of hydrogen-bond donors (Lipinski definition) is 0. The molecule has 0 aromatic heterocycles. The highest BCUT2D eigenvalue weighted by molar-refractivity contribution is 5.89. The molecule has 0 aromatic rings. The Morgan fingerprint density at radius 2 is 0.884 bits per heavy atom. The van der Waals surface area contributed by atoms with Gasteiger partial charge in [-0.3, -0.25) is 4.79 Å². The summed E-state index contributed by atoms with van der Waals surface area (Å²) in [5.74, 6) is 5.05. The molecular formula is C72H108O14. The number of esters is 7. The van der Waals surface area contributed by atoms with Crippen LogP contribution in [0.5, 0.6) is 0 Å². The lowest BCUT2D eigenvalue weighted by molar-refractivity contribution is -0.207. The minimum Gasteiger partial charge on any atom is -0.458 e. The first-order chi connectivity index (χ1) is 40.1. The number of fused-ring (bicyclic) bond motifs is 1. The van der Waals surface area contributed by atoms with Gasteiger partial charge in [0.05, 0.1) is 5.92 Å². The molecule has 5 unspecified atom stereocenters. The summed E-state index contributed by atoms with van der Waals surface area (Å²) in [5, 5.41) is 0. The van der Waals surface area contributed by atoms with Crippen LogP contribution in [-0.2, 0) is 66.7 Å². The molecule has 0 amide bonds. The maximum atomic E-state index is 12.0. The molecule has 1 aliphatic heterocycles. The molecular weight excluding hydrogens is 1090 g/mol. The standard InChI is InChI=1S/C16H24O2.C15H22O2.C12H14O4.C11H18O2.C10H16O2.C8H14O2/c1-4-16(18-15(17)10(2)3)13-6-11-5-12(8-13)9-14(16)7-11;1-9(2)14(16)17-15(3)12-5-10-4-11(7-12)8-13(15)6-10;1-5(2)11(13)15-9-6-3-7-8(4-6)12(14)16-10(7)9;1-4-11(7-5-6-8-11)13-10(12)9(2)3;1-8(2)9(11)12-10(3)6-4-5-7-10;1-6(2)7(9)10-8(3,4)5/h11-14H,2,4-9H2,1,3H3;10-13H,1,4-8H2,2-3H3;6-10H,1,3-4H2,2H3;2,4-8H2,1,3H3;1,4-7H2,2-3H3;1H2,2-5H3. The summed E-state index contributed by atoms with van der Waals surface area (Å²) in [6.07, 6.45) is 25.0. The predicted octanol–water partition coefficient (Wildman–Crippen LogP) is 15.3. The van der Waals surface area contributed by atoms with Gasteiger partial charge >= 0.3 is 41.8 Å². The van der Waals surface area contributed by atoms with E-state index in [1.165, 1.54) is 89.9 Å². The summed E-state index contributed by atoms with van der Waals surface area (Å²) in [4.78, 5) is 80.1. The highest BCUT2D eigenvalue weighted by Crippen LogP contribution is 2.62. The van der Waals surface area contributed by atoms with E-state index >= 15 is 0 Å². The molecule has 13 fully saturated rings. The Hall–Kier alpha value is -5.27. The molecule has 13 aliphatic rings. The van der Waals surface area contributed by atoms with E-state index in [4.69, 9.17) is 33.2 Å². The summed E-state index contributed by atoms with van der Waals surface area (Å²) in [6.45, 7) is 45.6. The minimum absolute atomic E-state index is 0.0646. The lowest BCUT2D eigenvalue weighted by atomic mass is 9.49. The Kier molecular flexibility index (Phi) is 23.1. The fourth-order valence-corrected chi connectivity index (χ4v) is 16.7. The van der Waals surface area contributed by atoms with E-state index in [0.717, 1.165) is 75.0 Å². The monoisotopic (exact) mass is 1200 g/mol. The largest absolute Gasteiger partial charge is 0.458 e. The normalized spacial score (nSPS) is 33.9. The maximum absolute atomic E-state index is 12.0. The van der Waals surface area contributed by atoms with Crippen molar-refractivity contribution >= 4 is 41.8 Å². The first-order valence-electron chi connectivity index (χ1n) is 32.6. The van der Waals surface area contributed by atoms with Gasteiger partial charge in [-0.25, -0.2) is 28.8 Å². The van der Waals surface area contributed by atoms with Crippen molar-refractivity contribution in [3.8, 4) is 0 Å². The molecule has 14 nitrogen and oxygen atoms in total. The van der Waals surface area contributed by atoms with E-state index < -0.39 is 5.60 Å². The molecule has 13 rings (SSSR count). The predicted molar refractivity (Wildman–Crippen MR) is 332 cm³/mol. The Morgan fingerprint density at radius 1 is 0.488 bits per heavy atom. The smallest absolute Gasteiger partial charge is 0.333 e. The molecule has 12 saturated carbocycles. The number of hydrogen-bond acceptors (Lipinski definition) is 14. The van der Waals surface area contributed by atoms with Gasteiger partial charge in [-0.05, 0) is 265 Å². The van der Waals surface area contributed by atoms with Crippen LogP contribution in [0.2, 0.25) is 0 Å². The first-order valence-corrected chi connectivity index (χ1v) is 32.6. The molecule has 12 aliphatic carbocycles. The van der Waals surface area contributed by atoms with Crippen LogP contribution >= 0.6 is 0 Å². The number of rotatable bonds is 13. The van der Waals surface area contributed by atoms with Crippen molar-refractivity contribution in [3.63, 3.8) is 0 Å². The first kappa shape index (κ1) is 69.8. The SMILES string of the molecule is C=C(C)C(=O)OC(C)(C)C.C=C(C)C(=O)OC1(C)C2CC3CC(C2)CC1C3.C=C(C)C(=O)OC1(C)CCCC1.C=C(C)C(=O)OC1(CC)C2CC3CC(C2)CC1C3.C=C(C)C(=O)OC1(CC)CCCC1.C=C(C)C(=O)OC1C2CC3C(=O)OC1C3C2. The van der Waals surface area contributed by atoms with Crippen LogP contribution in [0, 0.1) is 65.1 Å². The van der Waals surface area contributed by atoms with E-state index in [1.807, 2.05) is 27.7 Å². The van der Waals surface area contributed by atoms with Crippen LogP contribution in [0.1, 0.15) is 231 Å². The second kappa shape index (κ2) is 28.5. The zero-order valence-electron chi connectivity index (χ0n) is 55.0. The third-order valence-corrected chi connectivity index (χ3v) is 21.0. The Bertz CT molecular complexity index is 2540. The molecule has 0 spiro atoms. The summed E-state index contributed by atoms with van der Waals surface area (Å²) in [5.41, 5.74) is 1.73. The molecule has 1 saturated heterocycles. The molecule has 86 heavy (non-hydrogen) atoms. The fourth-order valence-electron chi connectivity index (χ4n) is 16.7. The lowest BCUT2D eigenvalue weighted by Crippen LogP contribution is -2.59. The van der Waals surface area contributed by atoms with Crippen LogP contribution in [0.25, 0.3) is 0 Å². The second-order valence-corrected chi connectivity index (χ2v) is 29.5. The van der Waals surface area contributed by atoms with E-state index in [2.05, 4.69) is 60.2 Å². The second-order valence-electron chi connectivity index (χ2n) is 29.5. The van der Waals surface area contributed by atoms with Crippen molar-refractivity contribution in [2.24, 2.45) is 65.1 Å². The van der Waals surface area contributed by atoms with Gasteiger partial charge in [0.2, 0.25) is 0 Å². The molecule has 5 atom stereocenters. The highest BCUT2D eigenvalue weighted by Gasteiger charge is 2.64. The lowest BCUT2D eigenvalue weighted by Gasteiger charge is -2.60. The van der Waals surface area contributed by atoms with Gasteiger partial charge in [-0.15, -0.1) is 0 Å². The number of carbonyl (C=O) groups is 7. The zero-order chi connectivity index (χ0) is 64.0. The third-order valence-electron chi connectivity index (χ3n) is 21.0. The molecule has 0 N–H and O–H groups in total.